The van der Waals surface area contributed by atoms with Gasteiger partial charge in [-0.3, -0.25) is 0 Å². The van der Waals surface area contributed by atoms with Crippen LogP contribution in [0.2, 0.25) is 0 Å². The minimum atomic E-state index is -2.86. The Bertz CT molecular complexity index is 644. The van der Waals surface area contributed by atoms with E-state index in [1.165, 1.54) is 50.7 Å². The van der Waals surface area contributed by atoms with E-state index in [0.717, 1.165) is 30.9 Å². The number of carboxylic acids is 1. The largest absolute Gasteiger partial charge is 0.480 e. The first-order valence-electron chi connectivity index (χ1n) is 11.0. The average molecular weight is 410 g/mol. The van der Waals surface area contributed by atoms with Crippen molar-refractivity contribution in [3.8, 4) is 5.75 Å². The number of anilines is 1. The summed E-state index contributed by atoms with van der Waals surface area (Å²) in [5, 5.41) is 9.95. The maximum atomic E-state index is 12.4. The van der Waals surface area contributed by atoms with Crippen molar-refractivity contribution in [2.24, 2.45) is 17.8 Å². The van der Waals surface area contributed by atoms with E-state index in [4.69, 9.17) is 0 Å². The Hall–Kier alpha value is -1.85. The number of carboxylic acid groups (broad SMARTS) is 1. The number of nitrogens with zero attached hydrogens (tertiary/aromatic N) is 1. The van der Waals surface area contributed by atoms with E-state index in [1.54, 1.807) is 12.1 Å². The number of unbranched alkanes of at least 4 members (excludes halogenated alkanes) is 2. The van der Waals surface area contributed by atoms with Crippen LogP contribution in [0, 0.1) is 17.8 Å². The summed E-state index contributed by atoms with van der Waals surface area (Å²) in [7, 11) is 0. The van der Waals surface area contributed by atoms with Gasteiger partial charge in [-0.15, -0.1) is 0 Å². The lowest BCUT2D eigenvalue weighted by molar-refractivity contribution is -0.140. The molecule has 1 aromatic rings. The smallest absolute Gasteiger partial charge is 0.387 e. The van der Waals surface area contributed by atoms with Crippen LogP contribution >= 0.6 is 0 Å². The van der Waals surface area contributed by atoms with E-state index in [0.29, 0.717) is 12.5 Å². The molecule has 1 N–H and O–H groups in total. The fourth-order valence-electron chi connectivity index (χ4n) is 5.32. The maximum Gasteiger partial charge on any atom is 0.387 e. The van der Waals surface area contributed by atoms with Gasteiger partial charge in [-0.25, -0.2) is 4.79 Å². The van der Waals surface area contributed by atoms with Gasteiger partial charge in [0.05, 0.1) is 0 Å². The van der Waals surface area contributed by atoms with Crippen LogP contribution < -0.4 is 9.64 Å². The second-order valence-corrected chi connectivity index (χ2v) is 8.58. The molecule has 1 heterocycles. The third-order valence-electron chi connectivity index (χ3n) is 6.80. The van der Waals surface area contributed by atoms with Crippen molar-refractivity contribution in [2.45, 2.75) is 77.4 Å². The molecule has 1 saturated heterocycles. The summed E-state index contributed by atoms with van der Waals surface area (Å²) in [6.07, 6.45) is 10.7. The van der Waals surface area contributed by atoms with Gasteiger partial charge in [0.15, 0.2) is 0 Å². The Kier molecular flexibility index (Phi) is 7.73. The van der Waals surface area contributed by atoms with E-state index >= 15 is 0 Å². The zero-order valence-corrected chi connectivity index (χ0v) is 17.2. The summed E-state index contributed by atoms with van der Waals surface area (Å²) < 4.78 is 29.1. The van der Waals surface area contributed by atoms with Gasteiger partial charge in [0, 0.05) is 12.2 Å². The molecule has 0 unspecified atom stereocenters. The van der Waals surface area contributed by atoms with Crippen molar-refractivity contribution in [3.63, 3.8) is 0 Å². The summed E-state index contributed by atoms with van der Waals surface area (Å²) in [6, 6.07) is 5.78. The zero-order valence-electron chi connectivity index (χ0n) is 17.2. The van der Waals surface area contributed by atoms with Gasteiger partial charge in [-0.05, 0) is 61.3 Å². The SMILES string of the molecule is CCCCCC1CCC([C@H]2CCN(c3ccc(OC(F)F)cc3)[C@@H]2C(=O)O)CC1. The summed E-state index contributed by atoms with van der Waals surface area (Å²) in [5.74, 6) is 0.727. The number of halogens is 2. The molecule has 1 aliphatic heterocycles. The third-order valence-corrected chi connectivity index (χ3v) is 6.80. The fraction of sp³-hybridized carbons (Fsp3) is 0.696. The molecule has 0 amide bonds. The second kappa shape index (κ2) is 10.3. The lowest BCUT2D eigenvalue weighted by Crippen LogP contribution is -2.42. The van der Waals surface area contributed by atoms with E-state index in [1.807, 2.05) is 4.90 Å². The highest BCUT2D eigenvalue weighted by Gasteiger charge is 2.44. The lowest BCUT2D eigenvalue weighted by Gasteiger charge is -2.35. The predicted octanol–water partition coefficient (Wildman–Crippen LogP) is 5.95. The van der Waals surface area contributed by atoms with E-state index < -0.39 is 18.6 Å². The quantitative estimate of drug-likeness (QED) is 0.512. The highest BCUT2D eigenvalue weighted by Crippen LogP contribution is 2.43. The van der Waals surface area contributed by atoms with Crippen molar-refractivity contribution >= 4 is 11.7 Å². The van der Waals surface area contributed by atoms with Crippen LogP contribution in [0.1, 0.15) is 64.7 Å². The number of benzene rings is 1. The molecular weight excluding hydrogens is 376 g/mol. The molecule has 2 fully saturated rings. The van der Waals surface area contributed by atoms with Crippen molar-refractivity contribution < 1.29 is 23.4 Å². The van der Waals surface area contributed by atoms with Gasteiger partial charge in [-0.2, -0.15) is 8.78 Å². The second-order valence-electron chi connectivity index (χ2n) is 8.58. The van der Waals surface area contributed by atoms with Gasteiger partial charge in [0.2, 0.25) is 0 Å². The number of rotatable bonds is 9. The predicted molar refractivity (Wildman–Crippen MR) is 110 cm³/mol. The minimum Gasteiger partial charge on any atom is -0.480 e. The molecule has 0 spiro atoms. The maximum absolute atomic E-state index is 12.4. The number of alkyl halides is 2. The lowest BCUT2D eigenvalue weighted by atomic mass is 9.72. The molecule has 4 nitrogen and oxygen atoms in total. The summed E-state index contributed by atoms with van der Waals surface area (Å²) in [6.45, 7) is 0.0577. The van der Waals surface area contributed by atoms with Crippen LogP contribution in [0.15, 0.2) is 24.3 Å². The van der Waals surface area contributed by atoms with Crippen molar-refractivity contribution in [2.75, 3.05) is 11.4 Å². The van der Waals surface area contributed by atoms with E-state index in [9.17, 15) is 18.7 Å². The average Bonchev–Trinajstić information content (AvgIpc) is 3.14. The van der Waals surface area contributed by atoms with Crippen LogP contribution in [0.4, 0.5) is 14.5 Å². The highest BCUT2D eigenvalue weighted by atomic mass is 19.3. The molecule has 1 saturated carbocycles. The van der Waals surface area contributed by atoms with Crippen LogP contribution in [-0.4, -0.2) is 30.3 Å². The number of hydrogen-bond acceptors (Lipinski definition) is 3. The Balaban J connectivity index is 1.61. The monoisotopic (exact) mass is 409 g/mol. The van der Waals surface area contributed by atoms with Gasteiger partial charge in [0.1, 0.15) is 11.8 Å². The molecule has 3 rings (SSSR count). The Morgan fingerprint density at radius 2 is 1.83 bits per heavy atom. The van der Waals surface area contributed by atoms with Gasteiger partial charge in [0.25, 0.3) is 0 Å². The van der Waals surface area contributed by atoms with E-state index in [2.05, 4.69) is 11.7 Å². The zero-order chi connectivity index (χ0) is 20.8. The Morgan fingerprint density at radius 1 is 1.14 bits per heavy atom. The molecule has 0 aromatic heterocycles. The first kappa shape index (κ1) is 21.8. The van der Waals surface area contributed by atoms with Crippen LogP contribution in [0.3, 0.4) is 0 Å². The van der Waals surface area contributed by atoms with Gasteiger partial charge in [-0.1, -0.05) is 45.4 Å². The number of hydrogen-bond donors (Lipinski definition) is 1. The summed E-state index contributed by atoms with van der Waals surface area (Å²) in [4.78, 5) is 14.0. The molecule has 0 bridgehead atoms. The van der Waals surface area contributed by atoms with Gasteiger partial charge >= 0.3 is 12.6 Å². The Labute approximate surface area is 172 Å². The van der Waals surface area contributed by atoms with Crippen LogP contribution in [-0.2, 0) is 4.79 Å². The normalized spacial score (nSPS) is 27.4. The Morgan fingerprint density at radius 3 is 2.41 bits per heavy atom. The van der Waals surface area contributed by atoms with Crippen molar-refractivity contribution in [3.05, 3.63) is 24.3 Å². The molecule has 162 valence electrons. The molecule has 29 heavy (non-hydrogen) atoms. The molecule has 1 aromatic carbocycles. The summed E-state index contributed by atoms with van der Waals surface area (Å²) >= 11 is 0. The van der Waals surface area contributed by atoms with Crippen LogP contribution in [0.25, 0.3) is 0 Å². The molecule has 0 radical (unpaired) electrons. The molecule has 2 aliphatic rings. The first-order valence-corrected chi connectivity index (χ1v) is 11.0. The first-order chi connectivity index (χ1) is 14.0. The number of ether oxygens (including phenoxy) is 1. The molecule has 1 aliphatic carbocycles. The molecular formula is C23H33F2NO3. The van der Waals surface area contributed by atoms with Crippen molar-refractivity contribution in [1.82, 2.24) is 0 Å². The van der Waals surface area contributed by atoms with Crippen LogP contribution in [0.5, 0.6) is 5.75 Å². The topological polar surface area (TPSA) is 49.8 Å². The number of carbonyl (C=O) groups is 1. The van der Waals surface area contributed by atoms with Crippen molar-refractivity contribution in [1.29, 1.82) is 0 Å². The molecule has 6 heteroatoms. The van der Waals surface area contributed by atoms with Gasteiger partial charge < -0.3 is 14.7 Å². The fourth-order valence-corrected chi connectivity index (χ4v) is 5.32. The standard InChI is InChI=1S/C23H33F2NO3/c1-2-3-4-5-16-6-8-17(9-7-16)20-14-15-26(21(20)22(27)28)18-10-12-19(13-11-18)29-23(24)25/h10-13,16-17,20-21,23H,2-9,14-15H2,1H3,(H,27,28)/t16?,17?,20-,21+/m1/s1. The molecule has 2 atom stereocenters. The summed E-state index contributed by atoms with van der Waals surface area (Å²) in [5.41, 5.74) is 0.759. The minimum absolute atomic E-state index is 0.0905. The number of aliphatic carboxylic acids is 1. The van der Waals surface area contributed by atoms with E-state index in [-0.39, 0.29) is 11.7 Å². The highest BCUT2D eigenvalue weighted by molar-refractivity contribution is 5.79. The third kappa shape index (κ3) is 5.61.